The summed E-state index contributed by atoms with van der Waals surface area (Å²) in [6, 6.07) is 13.4. The van der Waals surface area contributed by atoms with E-state index in [9.17, 15) is 9.59 Å². The zero-order valence-corrected chi connectivity index (χ0v) is 20.1. The molecule has 0 bridgehead atoms. The van der Waals surface area contributed by atoms with Crippen LogP contribution in [0.1, 0.15) is 40.5 Å². The molecular formula is C26H27N5O2S. The van der Waals surface area contributed by atoms with E-state index >= 15 is 0 Å². The first kappa shape index (κ1) is 22.3. The standard InChI is InChI=1S/C26H27N5O2S/c1-16-27-22-8-7-21(14-23(22)28-16)30-25(32)13-18-9-11-31(12-10-18)26(33)20-5-3-19(4-6-20)24-15-34-17(2)29-24/h3-8,14-15,18H,9-13H2,1-2H3,(H,27,28)(H,30,32). The zero-order chi connectivity index (χ0) is 23.7. The van der Waals surface area contributed by atoms with Crippen LogP contribution in [0.25, 0.3) is 22.3 Å². The molecule has 0 spiro atoms. The number of H-pyrrole nitrogens is 1. The fraction of sp³-hybridized carbons (Fsp3) is 0.308. The highest BCUT2D eigenvalue weighted by Gasteiger charge is 2.25. The predicted molar refractivity (Wildman–Crippen MR) is 135 cm³/mol. The summed E-state index contributed by atoms with van der Waals surface area (Å²) in [7, 11) is 0. The van der Waals surface area contributed by atoms with Crippen LogP contribution >= 0.6 is 11.3 Å². The number of nitrogens with zero attached hydrogens (tertiary/aromatic N) is 3. The number of aromatic nitrogens is 3. The van der Waals surface area contributed by atoms with Crippen LogP contribution in [0, 0.1) is 19.8 Å². The van der Waals surface area contributed by atoms with Gasteiger partial charge in [0.15, 0.2) is 0 Å². The number of hydrogen-bond donors (Lipinski definition) is 2. The fourth-order valence-electron chi connectivity index (χ4n) is 4.49. The van der Waals surface area contributed by atoms with E-state index in [0.29, 0.717) is 25.1 Å². The molecule has 0 radical (unpaired) electrons. The molecule has 1 aliphatic rings. The minimum absolute atomic E-state index is 0.00762. The third-order valence-electron chi connectivity index (χ3n) is 6.31. The van der Waals surface area contributed by atoms with Crippen LogP contribution in [0.15, 0.2) is 47.8 Å². The summed E-state index contributed by atoms with van der Waals surface area (Å²) in [5.41, 5.74) is 5.23. The minimum Gasteiger partial charge on any atom is -0.342 e. The van der Waals surface area contributed by atoms with Gasteiger partial charge in [0, 0.05) is 41.7 Å². The van der Waals surface area contributed by atoms with Crippen molar-refractivity contribution in [1.82, 2.24) is 19.9 Å². The Balaban J connectivity index is 1.12. The normalized spacial score (nSPS) is 14.5. The molecule has 8 heteroatoms. The van der Waals surface area contributed by atoms with Gasteiger partial charge in [0.05, 0.1) is 21.7 Å². The molecule has 2 aromatic heterocycles. The van der Waals surface area contributed by atoms with Gasteiger partial charge in [-0.1, -0.05) is 12.1 Å². The number of aromatic amines is 1. The minimum atomic E-state index is 0.00762. The van der Waals surface area contributed by atoms with E-state index in [1.54, 1.807) is 11.3 Å². The molecule has 2 N–H and O–H groups in total. The van der Waals surface area contributed by atoms with E-state index in [4.69, 9.17) is 0 Å². The Labute approximate surface area is 202 Å². The number of aryl methyl sites for hydroxylation is 2. The number of thiazole rings is 1. The average Bonchev–Trinajstić information content (AvgIpc) is 3.43. The summed E-state index contributed by atoms with van der Waals surface area (Å²) in [4.78, 5) is 39.5. The van der Waals surface area contributed by atoms with E-state index in [0.717, 1.165) is 51.7 Å². The molecule has 1 fully saturated rings. The lowest BCUT2D eigenvalue weighted by Gasteiger charge is -2.32. The summed E-state index contributed by atoms with van der Waals surface area (Å²) in [6.45, 7) is 5.24. The molecule has 0 atom stereocenters. The van der Waals surface area contributed by atoms with Crippen molar-refractivity contribution in [2.24, 2.45) is 5.92 Å². The number of hydrogen-bond acceptors (Lipinski definition) is 5. The number of amides is 2. The summed E-state index contributed by atoms with van der Waals surface area (Å²) < 4.78 is 0. The maximum Gasteiger partial charge on any atom is 0.253 e. The number of piperidine rings is 1. The molecule has 4 aromatic rings. The summed E-state index contributed by atoms with van der Waals surface area (Å²) in [5, 5.41) is 6.06. The van der Waals surface area contributed by atoms with Crippen LogP contribution in [0.5, 0.6) is 0 Å². The molecule has 2 aromatic carbocycles. The van der Waals surface area contributed by atoms with Gasteiger partial charge in [-0.2, -0.15) is 0 Å². The van der Waals surface area contributed by atoms with E-state index in [1.165, 1.54) is 0 Å². The molecule has 3 heterocycles. The molecule has 1 saturated heterocycles. The third-order valence-corrected chi connectivity index (χ3v) is 7.08. The second kappa shape index (κ2) is 9.38. The Bertz CT molecular complexity index is 1330. The Hall–Kier alpha value is -3.52. The third kappa shape index (κ3) is 4.87. The second-order valence-corrected chi connectivity index (χ2v) is 9.93. The van der Waals surface area contributed by atoms with Gasteiger partial charge in [0.1, 0.15) is 5.82 Å². The lowest BCUT2D eigenvalue weighted by Crippen LogP contribution is -2.39. The molecule has 0 aliphatic carbocycles. The SMILES string of the molecule is Cc1nc2ccc(NC(=O)CC3CCN(C(=O)c4ccc(-c5csc(C)n5)cc4)CC3)cc2[nH]1. The number of fused-ring (bicyclic) bond motifs is 1. The smallest absolute Gasteiger partial charge is 0.253 e. The van der Waals surface area contributed by atoms with Crippen LogP contribution < -0.4 is 5.32 Å². The molecule has 1 aliphatic heterocycles. The van der Waals surface area contributed by atoms with Crippen LogP contribution in [-0.4, -0.2) is 44.8 Å². The van der Waals surface area contributed by atoms with E-state index in [1.807, 2.05) is 66.6 Å². The average molecular weight is 474 g/mol. The number of imidazole rings is 1. The number of benzene rings is 2. The van der Waals surface area contributed by atoms with Crippen molar-refractivity contribution in [3.8, 4) is 11.3 Å². The largest absolute Gasteiger partial charge is 0.342 e. The zero-order valence-electron chi connectivity index (χ0n) is 19.3. The van der Waals surface area contributed by atoms with Gasteiger partial charge >= 0.3 is 0 Å². The van der Waals surface area contributed by atoms with Gasteiger partial charge in [-0.3, -0.25) is 9.59 Å². The van der Waals surface area contributed by atoms with Gasteiger partial charge in [0.25, 0.3) is 5.91 Å². The van der Waals surface area contributed by atoms with E-state index < -0.39 is 0 Å². The summed E-state index contributed by atoms with van der Waals surface area (Å²) in [6.07, 6.45) is 2.12. The highest BCUT2D eigenvalue weighted by Crippen LogP contribution is 2.25. The first-order chi connectivity index (χ1) is 16.4. The number of nitrogens with one attached hydrogen (secondary N) is 2. The molecule has 7 nitrogen and oxygen atoms in total. The second-order valence-electron chi connectivity index (χ2n) is 8.87. The van der Waals surface area contributed by atoms with Crippen molar-refractivity contribution < 1.29 is 9.59 Å². The summed E-state index contributed by atoms with van der Waals surface area (Å²) >= 11 is 1.62. The van der Waals surface area contributed by atoms with Crippen molar-refractivity contribution in [3.05, 3.63) is 64.2 Å². The maximum absolute atomic E-state index is 13.0. The van der Waals surface area contributed by atoms with Crippen molar-refractivity contribution in [1.29, 1.82) is 0 Å². The molecule has 5 rings (SSSR count). The molecule has 174 valence electrons. The fourth-order valence-corrected chi connectivity index (χ4v) is 5.11. The van der Waals surface area contributed by atoms with Gasteiger partial charge in [-0.15, -0.1) is 11.3 Å². The van der Waals surface area contributed by atoms with Crippen molar-refractivity contribution in [2.75, 3.05) is 18.4 Å². The van der Waals surface area contributed by atoms with Crippen LogP contribution in [0.3, 0.4) is 0 Å². The maximum atomic E-state index is 13.0. The Morgan fingerprint density at radius 1 is 1.09 bits per heavy atom. The van der Waals surface area contributed by atoms with E-state index in [-0.39, 0.29) is 17.7 Å². The number of carbonyl (C=O) groups is 2. The lowest BCUT2D eigenvalue weighted by molar-refractivity contribution is -0.117. The van der Waals surface area contributed by atoms with Gasteiger partial charge < -0.3 is 15.2 Å². The number of anilines is 1. The molecule has 2 amide bonds. The Morgan fingerprint density at radius 3 is 2.56 bits per heavy atom. The van der Waals surface area contributed by atoms with Crippen molar-refractivity contribution >= 4 is 39.9 Å². The van der Waals surface area contributed by atoms with Gasteiger partial charge in [-0.05, 0) is 62.9 Å². The van der Waals surface area contributed by atoms with Gasteiger partial charge in [0.2, 0.25) is 5.91 Å². The number of likely N-dealkylation sites (tertiary alicyclic amines) is 1. The quantitative estimate of drug-likeness (QED) is 0.418. The van der Waals surface area contributed by atoms with Gasteiger partial charge in [-0.25, -0.2) is 9.97 Å². The predicted octanol–water partition coefficient (Wildman–Crippen LogP) is 5.18. The highest BCUT2D eigenvalue weighted by molar-refractivity contribution is 7.09. The first-order valence-corrected chi connectivity index (χ1v) is 12.4. The summed E-state index contributed by atoms with van der Waals surface area (Å²) in [5.74, 6) is 1.18. The lowest BCUT2D eigenvalue weighted by atomic mass is 9.92. The molecular weight excluding hydrogens is 446 g/mol. The van der Waals surface area contributed by atoms with Crippen LogP contribution in [-0.2, 0) is 4.79 Å². The van der Waals surface area contributed by atoms with Crippen LogP contribution in [0.4, 0.5) is 5.69 Å². The molecule has 0 unspecified atom stereocenters. The highest BCUT2D eigenvalue weighted by atomic mass is 32.1. The van der Waals surface area contributed by atoms with Crippen LogP contribution in [0.2, 0.25) is 0 Å². The van der Waals surface area contributed by atoms with Crippen molar-refractivity contribution in [3.63, 3.8) is 0 Å². The Kier molecular flexibility index (Phi) is 6.15. The monoisotopic (exact) mass is 473 g/mol. The van der Waals surface area contributed by atoms with E-state index in [2.05, 4.69) is 20.3 Å². The Morgan fingerprint density at radius 2 is 1.85 bits per heavy atom. The molecule has 34 heavy (non-hydrogen) atoms. The topological polar surface area (TPSA) is 91.0 Å². The first-order valence-electron chi connectivity index (χ1n) is 11.5. The molecule has 0 saturated carbocycles. The van der Waals surface area contributed by atoms with Crippen molar-refractivity contribution in [2.45, 2.75) is 33.1 Å². The number of rotatable bonds is 5. The number of carbonyl (C=O) groups excluding carboxylic acids is 2.